The number of thiazole rings is 1. The van der Waals surface area contributed by atoms with Gasteiger partial charge in [0.1, 0.15) is 6.04 Å². The Balaban J connectivity index is 1.52. The number of carbonyl (C=O) groups is 2. The van der Waals surface area contributed by atoms with Crippen molar-refractivity contribution in [3.63, 3.8) is 0 Å². The molecule has 8 nitrogen and oxygen atoms in total. The number of aromatic nitrogens is 1. The quantitative estimate of drug-likeness (QED) is 0.502. The number of nitro benzene ring substituents is 1. The van der Waals surface area contributed by atoms with E-state index in [4.69, 9.17) is 0 Å². The van der Waals surface area contributed by atoms with Crippen molar-refractivity contribution in [2.45, 2.75) is 32.7 Å². The van der Waals surface area contributed by atoms with Gasteiger partial charge in [-0.15, -0.1) is 11.3 Å². The molecule has 1 N–H and O–H groups in total. The van der Waals surface area contributed by atoms with Crippen LogP contribution in [-0.2, 0) is 4.79 Å². The van der Waals surface area contributed by atoms with Gasteiger partial charge in [0.2, 0.25) is 5.91 Å². The summed E-state index contributed by atoms with van der Waals surface area (Å²) in [5, 5.41) is 14.9. The zero-order chi connectivity index (χ0) is 21.4. The number of carbonyl (C=O) groups excluding carboxylic acids is 2. The zero-order valence-electron chi connectivity index (χ0n) is 16.5. The standard InChI is InChI=1S/C21H20N4O4S/c1-12-10-14(5-8-17(12)25(28)29)21(27)24-9-3-4-18(24)20(26)23-15-6-7-16-19(11-15)30-13(2)22-16/h5-8,10-11,18H,3-4,9H2,1-2H3,(H,23,26). The van der Waals surface area contributed by atoms with Gasteiger partial charge in [0.15, 0.2) is 0 Å². The average Bonchev–Trinajstić information content (AvgIpc) is 3.32. The third kappa shape index (κ3) is 3.76. The molecule has 2 heterocycles. The molecule has 0 bridgehead atoms. The van der Waals surface area contributed by atoms with Gasteiger partial charge in [-0.25, -0.2) is 4.98 Å². The number of hydrogen-bond acceptors (Lipinski definition) is 6. The Hall–Kier alpha value is -3.33. The van der Waals surface area contributed by atoms with E-state index in [0.29, 0.717) is 29.8 Å². The van der Waals surface area contributed by atoms with Crippen LogP contribution in [0.1, 0.15) is 33.8 Å². The van der Waals surface area contributed by atoms with Crippen LogP contribution in [0.15, 0.2) is 36.4 Å². The Labute approximate surface area is 176 Å². The van der Waals surface area contributed by atoms with Crippen molar-refractivity contribution in [1.82, 2.24) is 9.88 Å². The zero-order valence-corrected chi connectivity index (χ0v) is 17.4. The van der Waals surface area contributed by atoms with E-state index < -0.39 is 11.0 Å². The van der Waals surface area contributed by atoms with Crippen LogP contribution in [-0.4, -0.2) is 39.2 Å². The van der Waals surface area contributed by atoms with Crippen LogP contribution < -0.4 is 5.32 Å². The molecule has 0 spiro atoms. The second kappa shape index (κ2) is 7.83. The topological polar surface area (TPSA) is 105 Å². The summed E-state index contributed by atoms with van der Waals surface area (Å²) in [4.78, 5) is 42.4. The number of likely N-dealkylation sites (tertiary alicyclic amines) is 1. The van der Waals surface area contributed by atoms with Gasteiger partial charge in [0.05, 0.1) is 20.1 Å². The number of nitro groups is 1. The molecule has 30 heavy (non-hydrogen) atoms. The molecule has 1 unspecified atom stereocenters. The molecule has 154 valence electrons. The highest BCUT2D eigenvalue weighted by molar-refractivity contribution is 7.18. The van der Waals surface area contributed by atoms with E-state index in [1.165, 1.54) is 18.2 Å². The molecule has 3 aromatic rings. The highest BCUT2D eigenvalue weighted by Crippen LogP contribution is 2.27. The molecular weight excluding hydrogens is 404 g/mol. The summed E-state index contributed by atoms with van der Waals surface area (Å²) in [7, 11) is 0. The van der Waals surface area contributed by atoms with E-state index in [0.717, 1.165) is 21.6 Å². The first kappa shape index (κ1) is 20.0. The molecule has 2 aromatic carbocycles. The second-order valence-corrected chi connectivity index (χ2v) is 8.55. The third-order valence-electron chi connectivity index (χ3n) is 5.22. The summed E-state index contributed by atoms with van der Waals surface area (Å²) in [5.74, 6) is -0.528. The molecule has 0 saturated carbocycles. The molecule has 1 fully saturated rings. The fourth-order valence-electron chi connectivity index (χ4n) is 3.78. The largest absolute Gasteiger partial charge is 0.327 e. The Morgan fingerprint density at radius 1 is 1.23 bits per heavy atom. The van der Waals surface area contributed by atoms with Crippen molar-refractivity contribution < 1.29 is 14.5 Å². The van der Waals surface area contributed by atoms with Crippen molar-refractivity contribution in [3.8, 4) is 0 Å². The van der Waals surface area contributed by atoms with Crippen molar-refractivity contribution in [2.75, 3.05) is 11.9 Å². The average molecular weight is 424 g/mol. The van der Waals surface area contributed by atoms with Crippen LogP contribution in [0.3, 0.4) is 0 Å². The first-order valence-electron chi connectivity index (χ1n) is 9.57. The van der Waals surface area contributed by atoms with Gasteiger partial charge in [-0.2, -0.15) is 0 Å². The summed E-state index contributed by atoms with van der Waals surface area (Å²) in [6.45, 7) is 4.01. The van der Waals surface area contributed by atoms with E-state index in [2.05, 4.69) is 10.3 Å². The number of hydrogen-bond donors (Lipinski definition) is 1. The lowest BCUT2D eigenvalue weighted by Gasteiger charge is -2.24. The predicted octanol–water partition coefficient (Wildman–Crippen LogP) is 4.06. The maximum atomic E-state index is 13.0. The van der Waals surface area contributed by atoms with Gasteiger partial charge in [0.25, 0.3) is 11.6 Å². The number of nitrogens with zero attached hydrogens (tertiary/aromatic N) is 3. The normalized spacial score (nSPS) is 16.1. The lowest BCUT2D eigenvalue weighted by Crippen LogP contribution is -2.43. The molecule has 4 rings (SSSR count). The molecule has 1 aliphatic rings. The van der Waals surface area contributed by atoms with Gasteiger partial charge >= 0.3 is 0 Å². The molecule has 1 aromatic heterocycles. The number of benzene rings is 2. The minimum atomic E-state index is -0.577. The smallest absolute Gasteiger partial charge is 0.272 e. The Morgan fingerprint density at radius 3 is 2.77 bits per heavy atom. The number of anilines is 1. The first-order valence-corrected chi connectivity index (χ1v) is 10.4. The number of amides is 2. The van der Waals surface area contributed by atoms with Gasteiger partial charge in [0, 0.05) is 29.4 Å². The molecule has 2 amide bonds. The molecule has 1 atom stereocenters. The number of rotatable bonds is 4. The monoisotopic (exact) mass is 424 g/mol. The van der Waals surface area contributed by atoms with Crippen LogP contribution in [0.2, 0.25) is 0 Å². The maximum Gasteiger partial charge on any atom is 0.272 e. The highest BCUT2D eigenvalue weighted by atomic mass is 32.1. The maximum absolute atomic E-state index is 13.0. The van der Waals surface area contributed by atoms with Gasteiger partial charge in [-0.3, -0.25) is 19.7 Å². The minimum absolute atomic E-state index is 0.0315. The van der Waals surface area contributed by atoms with Gasteiger partial charge in [-0.1, -0.05) is 0 Å². The number of fused-ring (bicyclic) bond motifs is 1. The minimum Gasteiger partial charge on any atom is -0.327 e. The van der Waals surface area contributed by atoms with Crippen LogP contribution in [0.5, 0.6) is 0 Å². The van der Waals surface area contributed by atoms with Crippen LogP contribution in [0.25, 0.3) is 10.2 Å². The molecule has 0 radical (unpaired) electrons. The second-order valence-electron chi connectivity index (χ2n) is 7.32. The Kier molecular flexibility index (Phi) is 5.21. The molecule has 9 heteroatoms. The van der Waals surface area contributed by atoms with E-state index >= 15 is 0 Å². The lowest BCUT2D eigenvalue weighted by atomic mass is 10.1. The summed E-state index contributed by atoms with van der Waals surface area (Å²) in [6.07, 6.45) is 1.30. The molecular formula is C21H20N4O4S. The fourth-order valence-corrected chi connectivity index (χ4v) is 4.65. The molecule has 0 aliphatic carbocycles. The molecule has 1 aliphatic heterocycles. The molecule has 1 saturated heterocycles. The van der Waals surface area contributed by atoms with Crippen molar-refractivity contribution in [3.05, 3.63) is 62.6 Å². The Morgan fingerprint density at radius 2 is 2.03 bits per heavy atom. The summed E-state index contributed by atoms with van der Waals surface area (Å²) >= 11 is 1.56. The summed E-state index contributed by atoms with van der Waals surface area (Å²) < 4.78 is 0.992. The van der Waals surface area contributed by atoms with Crippen LogP contribution >= 0.6 is 11.3 Å². The van der Waals surface area contributed by atoms with E-state index in [-0.39, 0.29) is 17.5 Å². The lowest BCUT2D eigenvalue weighted by molar-refractivity contribution is -0.385. The van der Waals surface area contributed by atoms with E-state index in [9.17, 15) is 19.7 Å². The van der Waals surface area contributed by atoms with Gasteiger partial charge < -0.3 is 10.2 Å². The predicted molar refractivity (Wildman–Crippen MR) is 115 cm³/mol. The first-order chi connectivity index (χ1) is 14.3. The Bertz CT molecular complexity index is 1170. The number of aryl methyl sites for hydroxylation is 2. The van der Waals surface area contributed by atoms with Gasteiger partial charge in [-0.05, 0) is 57.0 Å². The van der Waals surface area contributed by atoms with Crippen molar-refractivity contribution >= 4 is 44.7 Å². The van der Waals surface area contributed by atoms with Crippen molar-refractivity contribution in [1.29, 1.82) is 0 Å². The summed E-state index contributed by atoms with van der Waals surface area (Å²) in [5.41, 5.74) is 2.29. The van der Waals surface area contributed by atoms with Crippen LogP contribution in [0, 0.1) is 24.0 Å². The van der Waals surface area contributed by atoms with E-state index in [1.54, 1.807) is 29.2 Å². The number of nitrogens with one attached hydrogen (secondary N) is 1. The SMILES string of the molecule is Cc1nc2ccc(NC(=O)C3CCCN3C(=O)c3ccc([N+](=O)[O-])c(C)c3)cc2s1. The third-order valence-corrected chi connectivity index (χ3v) is 6.15. The van der Waals surface area contributed by atoms with E-state index in [1.807, 2.05) is 19.1 Å². The van der Waals surface area contributed by atoms with Crippen molar-refractivity contribution in [2.24, 2.45) is 0 Å². The fraction of sp³-hybridized carbons (Fsp3) is 0.286. The van der Waals surface area contributed by atoms with Crippen LogP contribution in [0.4, 0.5) is 11.4 Å². The highest BCUT2D eigenvalue weighted by Gasteiger charge is 2.35. The summed E-state index contributed by atoms with van der Waals surface area (Å²) in [6, 6.07) is 9.27.